The van der Waals surface area contributed by atoms with Crippen molar-refractivity contribution in [1.82, 2.24) is 15.1 Å². The number of hydrogen-bond donors (Lipinski definition) is 6. The molecule has 338 valence electrons. The second-order valence-corrected chi connectivity index (χ2v) is 18.0. The summed E-state index contributed by atoms with van der Waals surface area (Å²) in [5.74, 6) is -1.38. The Labute approximate surface area is 352 Å². The molecular formula is C44H77FN6O8. The van der Waals surface area contributed by atoms with Crippen LogP contribution < -0.4 is 11.1 Å². The van der Waals surface area contributed by atoms with Crippen molar-refractivity contribution >= 4 is 5.97 Å². The molecule has 59 heavy (non-hydrogen) atoms. The van der Waals surface area contributed by atoms with E-state index in [1.54, 1.807) is 20.0 Å². The van der Waals surface area contributed by atoms with E-state index < -0.39 is 72.6 Å². The Morgan fingerprint density at radius 3 is 2.41 bits per heavy atom. The van der Waals surface area contributed by atoms with Gasteiger partial charge in [0.1, 0.15) is 30.6 Å². The van der Waals surface area contributed by atoms with Gasteiger partial charge in [0, 0.05) is 57.9 Å². The number of rotatable bonds is 15. The Morgan fingerprint density at radius 1 is 1.17 bits per heavy atom. The largest absolute Gasteiger partial charge is 0.459 e. The number of methoxy groups -OCH3 is 1. The van der Waals surface area contributed by atoms with Crippen LogP contribution in [0, 0.1) is 23.3 Å². The van der Waals surface area contributed by atoms with Crippen molar-refractivity contribution in [3.8, 4) is 0 Å². The summed E-state index contributed by atoms with van der Waals surface area (Å²) >= 11 is 0. The molecule has 0 radical (unpaired) electrons. The molecule has 2 heterocycles. The third kappa shape index (κ3) is 14.0. The number of carbonyl (C=O) groups is 1. The van der Waals surface area contributed by atoms with E-state index in [1.807, 2.05) is 77.9 Å². The van der Waals surface area contributed by atoms with Gasteiger partial charge in [-0.05, 0) is 90.4 Å². The van der Waals surface area contributed by atoms with E-state index in [9.17, 15) is 24.5 Å². The van der Waals surface area contributed by atoms with Crippen LogP contribution in [-0.4, -0.2) is 132 Å². The van der Waals surface area contributed by atoms with Gasteiger partial charge in [0.2, 0.25) is 0 Å². The third-order valence-corrected chi connectivity index (χ3v) is 12.7. The summed E-state index contributed by atoms with van der Waals surface area (Å²) in [6.45, 7) is 15.6. The molecule has 1 unspecified atom stereocenters. The van der Waals surface area contributed by atoms with Gasteiger partial charge in [-0.2, -0.15) is 5.11 Å². The third-order valence-electron chi connectivity index (χ3n) is 12.7. The minimum Gasteiger partial charge on any atom is -0.459 e. The number of cyclic esters (lactones) is 1. The Balaban J connectivity index is 1.76. The van der Waals surface area contributed by atoms with Gasteiger partial charge in [-0.3, -0.25) is 4.79 Å². The smallest absolute Gasteiger partial charge is 0.309 e. The fourth-order valence-electron chi connectivity index (χ4n) is 9.12. The summed E-state index contributed by atoms with van der Waals surface area (Å²) in [5.41, 5.74) is 12.8. The maximum atomic E-state index is 14.3. The number of nitrogens with zero attached hydrogens (tertiary/aromatic N) is 3. The zero-order chi connectivity index (χ0) is 44.2. The van der Waals surface area contributed by atoms with Crippen molar-refractivity contribution < 1.29 is 43.5 Å². The second kappa shape index (κ2) is 23.0. The fourth-order valence-corrected chi connectivity index (χ4v) is 9.12. The van der Waals surface area contributed by atoms with Crippen molar-refractivity contribution in [2.75, 3.05) is 41.0 Å². The standard InChI is InChI=1S/C44H77FN6O8/c1-12-37-44(8,55)40(52)31(6)51(10)26-27(2)22-43(7,54)41(28(3)19-29(4)42(53)58-37)59-38-21-35(20-30(5)57-38)50(9)18-17-34(49-47)25-48-36(23-45)39(56-11)33-15-13-32(24-46)14-16-33/h13-16,25,27-31,35-41,47-48,52,54-55H,12,17-24,26,46H2,1-11H3/b34-25-,49-47?/t27-,28+,29-,30-,31-,35+,36-,37-,38+,39?,40-,41-,43-,44-/m1/s1. The molecule has 0 aliphatic carbocycles. The van der Waals surface area contributed by atoms with Crippen LogP contribution in [0.15, 0.2) is 41.3 Å². The number of nitrogens with two attached hydrogens (primary N) is 1. The first kappa shape index (κ1) is 50.8. The minimum atomic E-state index is -1.68. The second-order valence-electron chi connectivity index (χ2n) is 18.0. The van der Waals surface area contributed by atoms with Crippen LogP contribution in [-0.2, 0) is 30.3 Å². The molecule has 0 bridgehead atoms. The topological polar surface area (TPSA) is 195 Å². The summed E-state index contributed by atoms with van der Waals surface area (Å²) < 4.78 is 39.0. The molecule has 15 heteroatoms. The SMILES string of the molecule is CC[C@H]1OC(=O)[C@H](C)C[C@H](C)[C@@H](O[C@H]2C[C@@H](N(C)CC/C(=C/N[C@H](CF)C(OC)c3ccc(CN)cc3)N=N)C[C@@H](C)O2)[C@](C)(O)C[C@@H](C)CN(C)[C@H](C)[C@@H](O)[C@]1(C)O. The highest BCUT2D eigenvalue weighted by atomic mass is 19.1. The van der Waals surface area contributed by atoms with Gasteiger partial charge in [0.25, 0.3) is 0 Å². The quantitative estimate of drug-likeness (QED) is 0.0969. The molecule has 3 rings (SSSR count). The molecule has 0 spiro atoms. The average molecular weight is 837 g/mol. The van der Waals surface area contributed by atoms with Crippen molar-refractivity contribution in [3.63, 3.8) is 0 Å². The normalized spacial score (nSPS) is 35.9. The lowest BCUT2D eigenvalue weighted by molar-refractivity contribution is -0.262. The monoisotopic (exact) mass is 837 g/mol. The Morgan fingerprint density at radius 2 is 1.83 bits per heavy atom. The molecule has 14 atom stereocenters. The van der Waals surface area contributed by atoms with E-state index in [1.165, 1.54) is 14.0 Å². The van der Waals surface area contributed by atoms with Crippen LogP contribution in [0.4, 0.5) is 4.39 Å². The van der Waals surface area contributed by atoms with Crippen LogP contribution in [0.5, 0.6) is 0 Å². The molecule has 2 saturated heterocycles. The number of hydrogen-bond acceptors (Lipinski definition) is 14. The predicted octanol–water partition coefficient (Wildman–Crippen LogP) is 5.44. The molecule has 0 amide bonds. The molecule has 14 nitrogen and oxygen atoms in total. The average Bonchev–Trinajstić information content (AvgIpc) is 3.19. The number of benzene rings is 1. The van der Waals surface area contributed by atoms with E-state index in [4.69, 9.17) is 30.2 Å². The number of nitrogens with one attached hydrogen (secondary N) is 2. The van der Waals surface area contributed by atoms with Gasteiger partial charge < -0.3 is 55.1 Å². The van der Waals surface area contributed by atoms with E-state index in [2.05, 4.69) is 15.3 Å². The summed E-state index contributed by atoms with van der Waals surface area (Å²) in [5, 5.41) is 41.9. The van der Waals surface area contributed by atoms with E-state index in [0.29, 0.717) is 57.4 Å². The molecule has 7 N–H and O–H groups in total. The number of halogens is 1. The summed E-state index contributed by atoms with van der Waals surface area (Å²) in [7, 11) is 5.43. The maximum absolute atomic E-state index is 14.3. The number of alkyl halides is 1. The lowest BCUT2D eigenvalue weighted by Crippen LogP contribution is -2.59. The number of carbonyl (C=O) groups excluding carboxylic acids is 1. The highest BCUT2D eigenvalue weighted by molar-refractivity contribution is 5.72. The number of aliphatic hydroxyl groups is 3. The Bertz CT molecular complexity index is 1470. The number of esters is 1. The van der Waals surface area contributed by atoms with E-state index in [-0.39, 0.29) is 24.0 Å². The predicted molar refractivity (Wildman–Crippen MR) is 226 cm³/mol. The Hall–Kier alpha value is -2.60. The summed E-state index contributed by atoms with van der Waals surface area (Å²) in [6.07, 6.45) is 0.172. The van der Waals surface area contributed by atoms with Gasteiger partial charge in [-0.25, -0.2) is 9.92 Å². The number of likely N-dealkylation sites (N-methyl/N-ethyl adjacent to an activating group) is 1. The van der Waals surface area contributed by atoms with Crippen LogP contribution in [0.1, 0.15) is 111 Å². The van der Waals surface area contributed by atoms with Gasteiger partial charge in [-0.15, -0.1) is 0 Å². The van der Waals surface area contributed by atoms with Gasteiger partial charge >= 0.3 is 5.97 Å². The fraction of sp³-hybridized carbons (Fsp3) is 0.795. The van der Waals surface area contributed by atoms with E-state index in [0.717, 1.165) is 17.5 Å². The van der Waals surface area contributed by atoms with Gasteiger partial charge in [0.05, 0.1) is 35.5 Å². The molecule has 0 aromatic heterocycles. The zero-order valence-corrected chi connectivity index (χ0v) is 37.6. The molecular weight excluding hydrogens is 760 g/mol. The first-order chi connectivity index (χ1) is 27.7. The highest BCUT2D eigenvalue weighted by Crippen LogP contribution is 2.36. The number of aliphatic hydroxyl groups excluding tert-OH is 1. The molecule has 2 fully saturated rings. The Kier molecular flexibility index (Phi) is 19.8. The molecule has 2 aliphatic heterocycles. The molecule has 1 aromatic carbocycles. The van der Waals surface area contributed by atoms with Gasteiger partial charge in [0.15, 0.2) is 6.29 Å². The van der Waals surface area contributed by atoms with Crippen molar-refractivity contribution in [2.24, 2.45) is 28.6 Å². The summed E-state index contributed by atoms with van der Waals surface area (Å²) in [4.78, 5) is 17.7. The van der Waals surface area contributed by atoms with Crippen LogP contribution >= 0.6 is 0 Å². The first-order valence-electron chi connectivity index (χ1n) is 21.5. The van der Waals surface area contributed by atoms with Crippen LogP contribution in [0.2, 0.25) is 0 Å². The zero-order valence-electron chi connectivity index (χ0n) is 37.6. The highest BCUT2D eigenvalue weighted by Gasteiger charge is 2.47. The first-order valence-corrected chi connectivity index (χ1v) is 21.5. The molecule has 1 aromatic rings. The maximum Gasteiger partial charge on any atom is 0.309 e. The minimum absolute atomic E-state index is 0.0250. The van der Waals surface area contributed by atoms with Crippen molar-refractivity contribution in [3.05, 3.63) is 47.3 Å². The lowest BCUT2D eigenvalue weighted by Gasteiger charge is -2.44. The van der Waals surface area contributed by atoms with Crippen molar-refractivity contribution in [1.29, 1.82) is 5.53 Å². The van der Waals surface area contributed by atoms with Crippen LogP contribution in [0.3, 0.4) is 0 Å². The van der Waals surface area contributed by atoms with Crippen molar-refractivity contribution in [2.45, 2.75) is 167 Å². The molecule has 0 saturated carbocycles. The van der Waals surface area contributed by atoms with Crippen LogP contribution in [0.25, 0.3) is 0 Å². The van der Waals surface area contributed by atoms with Gasteiger partial charge in [-0.1, -0.05) is 52.0 Å². The van der Waals surface area contributed by atoms with E-state index >= 15 is 0 Å². The lowest BCUT2D eigenvalue weighted by atomic mass is 9.79. The number of ether oxygens (including phenoxy) is 4. The molecule has 2 aliphatic rings. The summed E-state index contributed by atoms with van der Waals surface area (Å²) in [6, 6.07) is 6.44.